The molecule has 0 amide bonds. The summed E-state index contributed by atoms with van der Waals surface area (Å²) in [6.07, 6.45) is 3.76. The molecular formula is C18H29N2O3P. The summed E-state index contributed by atoms with van der Waals surface area (Å²) in [5, 5.41) is 0.940. The Labute approximate surface area is 144 Å². The number of aryl methyl sites for hydroxylation is 1. The maximum absolute atomic E-state index is 11.2. The molecule has 134 valence electrons. The topological polar surface area (TPSA) is 65.7 Å². The van der Waals surface area contributed by atoms with Crippen molar-refractivity contribution in [2.45, 2.75) is 52.7 Å². The van der Waals surface area contributed by atoms with Crippen LogP contribution in [0.4, 0.5) is 0 Å². The Morgan fingerprint density at radius 2 is 1.79 bits per heavy atom. The van der Waals surface area contributed by atoms with Crippen LogP contribution >= 0.6 is 7.87 Å². The molecule has 0 spiro atoms. The van der Waals surface area contributed by atoms with Crippen molar-refractivity contribution in [3.63, 3.8) is 0 Å². The summed E-state index contributed by atoms with van der Waals surface area (Å²) in [5.41, 5.74) is 1.68. The van der Waals surface area contributed by atoms with E-state index in [1.165, 1.54) is 0 Å². The van der Waals surface area contributed by atoms with Crippen LogP contribution in [0.25, 0.3) is 10.9 Å². The molecule has 0 aliphatic rings. The third-order valence-corrected chi connectivity index (χ3v) is 7.27. The van der Waals surface area contributed by atoms with E-state index < -0.39 is 7.87 Å². The van der Waals surface area contributed by atoms with E-state index in [4.69, 9.17) is 0 Å². The second kappa shape index (κ2) is 7.75. The van der Waals surface area contributed by atoms with Gasteiger partial charge in [0.25, 0.3) is 0 Å². The number of rotatable bonds is 8. The number of carbonyl (C=O) groups is 1. The second-order valence-corrected chi connectivity index (χ2v) is 9.45. The average molecular weight is 352 g/mol. The third-order valence-electron chi connectivity index (χ3n) is 4.38. The van der Waals surface area contributed by atoms with Crippen molar-refractivity contribution in [2.24, 2.45) is 0 Å². The Kier molecular flexibility index (Phi) is 6.16. The van der Waals surface area contributed by atoms with Crippen molar-refractivity contribution in [2.75, 3.05) is 6.16 Å². The van der Waals surface area contributed by atoms with Gasteiger partial charge >= 0.3 is 144 Å². The van der Waals surface area contributed by atoms with E-state index >= 15 is 0 Å². The van der Waals surface area contributed by atoms with E-state index in [0.717, 1.165) is 17.2 Å². The molecule has 2 aromatic rings. The second-order valence-electron chi connectivity index (χ2n) is 6.89. The number of hydrogen-bond donors (Lipinski definition) is 2. The van der Waals surface area contributed by atoms with Crippen molar-refractivity contribution < 1.29 is 14.6 Å². The van der Waals surface area contributed by atoms with Gasteiger partial charge in [-0.1, -0.05) is 0 Å². The first-order valence-corrected chi connectivity index (χ1v) is 10.6. The molecule has 1 aromatic carbocycles. The normalized spacial score (nSPS) is 13.4. The van der Waals surface area contributed by atoms with Crippen molar-refractivity contribution in [3.05, 3.63) is 36.0 Å². The fraction of sp³-hybridized carbons (Fsp3) is 0.500. The van der Waals surface area contributed by atoms with Crippen LogP contribution < -0.4 is 0 Å². The van der Waals surface area contributed by atoms with Gasteiger partial charge in [-0.25, -0.2) is 0 Å². The van der Waals surface area contributed by atoms with Crippen molar-refractivity contribution in [1.82, 2.24) is 9.24 Å². The molecule has 1 heterocycles. The zero-order chi connectivity index (χ0) is 17.9. The molecule has 2 N–H and O–H groups in total. The van der Waals surface area contributed by atoms with E-state index in [1.807, 2.05) is 67.4 Å². The number of fused-ring (bicyclic) bond motifs is 1. The molecule has 0 unspecified atom stereocenters. The molecule has 0 saturated heterocycles. The van der Waals surface area contributed by atoms with Gasteiger partial charge in [-0.2, -0.15) is 0 Å². The molecule has 0 aliphatic carbocycles. The van der Waals surface area contributed by atoms with Crippen LogP contribution in [0.5, 0.6) is 0 Å². The average Bonchev–Trinajstić information content (AvgIpc) is 2.84. The molecule has 6 heteroatoms. The molecule has 0 saturated carbocycles. The predicted octanol–water partition coefficient (Wildman–Crippen LogP) is 3.44. The maximum atomic E-state index is 11.2. The summed E-state index contributed by atoms with van der Waals surface area (Å²) < 4.78 is 3.87. The summed E-state index contributed by atoms with van der Waals surface area (Å²) >= 11 is 0. The van der Waals surface area contributed by atoms with Crippen molar-refractivity contribution in [3.8, 4) is 0 Å². The molecular weight excluding hydrogens is 323 g/mol. The monoisotopic (exact) mass is 352 g/mol. The Hall–Kier alpha value is -1.26. The zero-order valence-electron chi connectivity index (χ0n) is 14.9. The summed E-state index contributed by atoms with van der Waals surface area (Å²) in [4.78, 5) is 32.4. The van der Waals surface area contributed by atoms with Crippen LogP contribution in [0.15, 0.2) is 30.5 Å². The Morgan fingerprint density at radius 1 is 1.17 bits per heavy atom. The van der Waals surface area contributed by atoms with Crippen molar-refractivity contribution in [1.29, 1.82) is 0 Å². The van der Waals surface area contributed by atoms with Crippen LogP contribution in [0.1, 0.15) is 44.5 Å². The summed E-state index contributed by atoms with van der Waals surface area (Å²) in [5.74, 6) is 0. The van der Waals surface area contributed by atoms with Gasteiger partial charge in [-0.3, -0.25) is 0 Å². The van der Waals surface area contributed by atoms with Crippen LogP contribution in [-0.4, -0.2) is 43.6 Å². The molecule has 24 heavy (non-hydrogen) atoms. The SMILES string of the molecule is CC(C)N(C(C)C)[PH](O)(O)CCCn1cc(C=O)c2ccccc21. The van der Waals surface area contributed by atoms with Gasteiger partial charge in [-0.15, -0.1) is 0 Å². The van der Waals surface area contributed by atoms with Crippen LogP contribution in [0.3, 0.4) is 0 Å². The van der Waals surface area contributed by atoms with E-state index in [1.54, 1.807) is 0 Å². The van der Waals surface area contributed by atoms with Gasteiger partial charge in [0.2, 0.25) is 0 Å². The fourth-order valence-electron chi connectivity index (χ4n) is 3.59. The number of hydrogen-bond acceptors (Lipinski definition) is 4. The van der Waals surface area contributed by atoms with E-state index in [2.05, 4.69) is 0 Å². The molecule has 0 radical (unpaired) electrons. The van der Waals surface area contributed by atoms with Gasteiger partial charge in [0.05, 0.1) is 0 Å². The molecule has 0 bridgehead atoms. The Morgan fingerprint density at radius 3 is 2.38 bits per heavy atom. The van der Waals surface area contributed by atoms with Gasteiger partial charge in [-0.05, 0) is 0 Å². The van der Waals surface area contributed by atoms with E-state index in [9.17, 15) is 14.6 Å². The first-order chi connectivity index (χ1) is 11.3. The molecule has 0 atom stereocenters. The summed E-state index contributed by atoms with van der Waals surface area (Å²) in [6, 6.07) is 7.98. The van der Waals surface area contributed by atoms with Gasteiger partial charge in [0.1, 0.15) is 0 Å². The number of aldehydes is 1. The molecule has 0 fully saturated rings. The molecule has 1 aromatic heterocycles. The van der Waals surface area contributed by atoms with Crippen molar-refractivity contribution >= 4 is 25.1 Å². The first-order valence-electron chi connectivity index (χ1n) is 8.54. The molecule has 5 nitrogen and oxygen atoms in total. The van der Waals surface area contributed by atoms with Crippen LogP contribution in [0, 0.1) is 0 Å². The number of carbonyl (C=O) groups excluding carboxylic acids is 1. The van der Waals surface area contributed by atoms with E-state index in [0.29, 0.717) is 24.7 Å². The minimum absolute atomic E-state index is 0.0979. The summed E-state index contributed by atoms with van der Waals surface area (Å²) in [6.45, 7) is 8.62. The number of para-hydroxylation sites is 1. The van der Waals surface area contributed by atoms with Crippen LogP contribution in [0.2, 0.25) is 0 Å². The number of nitrogens with zero attached hydrogens (tertiary/aromatic N) is 2. The van der Waals surface area contributed by atoms with Gasteiger partial charge < -0.3 is 0 Å². The summed E-state index contributed by atoms with van der Waals surface area (Å²) in [7, 11) is -3.43. The third kappa shape index (κ3) is 4.04. The van der Waals surface area contributed by atoms with Crippen LogP contribution in [-0.2, 0) is 6.54 Å². The molecule has 2 rings (SSSR count). The standard InChI is InChI=1S/C18H29N2O3P/c1-14(2)20(15(3)4)24(22,23)11-7-10-19-12-16(13-21)17-8-5-6-9-18(17)19/h5-6,8-9,12-15,22-24H,7,10-11H2,1-4H3. The first kappa shape index (κ1) is 19.1. The van der Waals surface area contributed by atoms with E-state index in [-0.39, 0.29) is 12.1 Å². The van der Waals surface area contributed by atoms with Gasteiger partial charge in [0.15, 0.2) is 0 Å². The number of benzene rings is 1. The molecule has 0 aliphatic heterocycles. The Bertz CT molecular complexity index is 687. The fourth-order valence-corrected chi connectivity index (χ4v) is 6.14. The zero-order valence-corrected chi connectivity index (χ0v) is 15.9. The minimum atomic E-state index is -3.43. The quantitative estimate of drug-likeness (QED) is 0.564. The number of aromatic nitrogens is 1. The Balaban J connectivity index is 2.10. The predicted molar refractivity (Wildman–Crippen MR) is 102 cm³/mol. The van der Waals surface area contributed by atoms with Gasteiger partial charge in [0, 0.05) is 0 Å².